The van der Waals surface area contributed by atoms with Crippen LogP contribution in [-0.2, 0) is 16.0 Å². The summed E-state index contributed by atoms with van der Waals surface area (Å²) in [6.07, 6.45) is -0.0211. The van der Waals surface area contributed by atoms with E-state index in [1.165, 1.54) is 11.3 Å². The van der Waals surface area contributed by atoms with Crippen LogP contribution in [0.1, 0.15) is 19.5 Å². The van der Waals surface area contributed by atoms with E-state index >= 15 is 0 Å². The van der Waals surface area contributed by atoms with Gasteiger partial charge in [0.2, 0.25) is 0 Å². The van der Waals surface area contributed by atoms with Crippen LogP contribution in [0.15, 0.2) is 5.38 Å². The first-order valence-electron chi connectivity index (χ1n) is 5.46. The van der Waals surface area contributed by atoms with Crippen LogP contribution >= 0.6 is 11.3 Å². The second-order valence-corrected chi connectivity index (χ2v) is 4.81. The van der Waals surface area contributed by atoms with Gasteiger partial charge in [-0.2, -0.15) is 0 Å². The zero-order valence-corrected chi connectivity index (χ0v) is 11.2. The number of aliphatic carboxylic acids is 1. The molecular weight excluding hydrogens is 240 g/mol. The lowest BCUT2D eigenvalue weighted by Gasteiger charge is -2.25. The normalized spacial score (nSPS) is 10.8. The molecule has 0 fully saturated rings. The molecule has 0 atom stereocenters. The molecule has 17 heavy (non-hydrogen) atoms. The average Bonchev–Trinajstić information content (AvgIpc) is 2.65. The van der Waals surface area contributed by atoms with Gasteiger partial charge >= 0.3 is 5.97 Å². The van der Waals surface area contributed by atoms with Crippen LogP contribution in [0.25, 0.3) is 0 Å². The highest BCUT2D eigenvalue weighted by atomic mass is 32.1. The molecule has 0 bridgehead atoms. The molecule has 0 aliphatic heterocycles. The molecule has 0 amide bonds. The van der Waals surface area contributed by atoms with Crippen molar-refractivity contribution in [3.05, 3.63) is 11.1 Å². The Morgan fingerprint density at radius 1 is 1.65 bits per heavy atom. The van der Waals surface area contributed by atoms with Gasteiger partial charge in [-0.1, -0.05) is 0 Å². The predicted molar refractivity (Wildman–Crippen MR) is 67.8 cm³/mol. The zero-order chi connectivity index (χ0) is 12.8. The summed E-state index contributed by atoms with van der Waals surface area (Å²) in [5.74, 6) is -0.852. The van der Waals surface area contributed by atoms with Crippen molar-refractivity contribution in [2.45, 2.75) is 26.3 Å². The first-order chi connectivity index (χ1) is 8.04. The van der Waals surface area contributed by atoms with E-state index in [0.717, 1.165) is 11.7 Å². The van der Waals surface area contributed by atoms with Crippen molar-refractivity contribution in [1.82, 2.24) is 4.98 Å². The standard InChI is InChI=1S/C11H18N2O3S/c1-8(2)13(4-5-16-3)11-12-9(7-17-11)6-10(14)15/h7-8H,4-6H2,1-3H3,(H,14,15). The van der Waals surface area contributed by atoms with Crippen LogP contribution in [0, 0.1) is 0 Å². The van der Waals surface area contributed by atoms with Gasteiger partial charge in [0.1, 0.15) is 0 Å². The Kier molecular flexibility index (Phi) is 5.37. The van der Waals surface area contributed by atoms with E-state index in [4.69, 9.17) is 9.84 Å². The number of thiazole rings is 1. The number of ether oxygens (including phenoxy) is 1. The van der Waals surface area contributed by atoms with Crippen LogP contribution in [0.5, 0.6) is 0 Å². The Hall–Kier alpha value is -1.14. The van der Waals surface area contributed by atoms with Gasteiger partial charge in [-0.05, 0) is 13.8 Å². The highest BCUT2D eigenvalue weighted by Crippen LogP contribution is 2.22. The highest BCUT2D eigenvalue weighted by molar-refractivity contribution is 7.13. The number of hydrogen-bond donors (Lipinski definition) is 1. The van der Waals surface area contributed by atoms with E-state index in [9.17, 15) is 4.79 Å². The van der Waals surface area contributed by atoms with Crippen molar-refractivity contribution in [3.63, 3.8) is 0 Å². The lowest BCUT2D eigenvalue weighted by Crippen LogP contribution is -2.33. The minimum Gasteiger partial charge on any atom is -0.481 e. The zero-order valence-electron chi connectivity index (χ0n) is 10.3. The summed E-state index contributed by atoms with van der Waals surface area (Å²) in [6.45, 7) is 5.54. The Morgan fingerprint density at radius 2 is 2.35 bits per heavy atom. The Balaban J connectivity index is 2.73. The summed E-state index contributed by atoms with van der Waals surface area (Å²) in [4.78, 5) is 17.0. The SMILES string of the molecule is COCCN(c1nc(CC(=O)O)cs1)C(C)C. The second kappa shape index (κ2) is 6.56. The molecule has 0 saturated heterocycles. The van der Waals surface area contributed by atoms with E-state index in [-0.39, 0.29) is 6.42 Å². The predicted octanol–water partition coefficient (Wildman–Crippen LogP) is 1.63. The lowest BCUT2D eigenvalue weighted by molar-refractivity contribution is -0.136. The van der Waals surface area contributed by atoms with Crippen LogP contribution in [0.2, 0.25) is 0 Å². The first kappa shape index (κ1) is 13.9. The molecule has 0 radical (unpaired) electrons. The number of anilines is 1. The van der Waals surface area contributed by atoms with Crippen molar-refractivity contribution >= 4 is 22.4 Å². The maximum atomic E-state index is 10.6. The summed E-state index contributed by atoms with van der Waals surface area (Å²) >= 11 is 1.47. The van der Waals surface area contributed by atoms with E-state index in [1.54, 1.807) is 12.5 Å². The molecule has 0 aromatic carbocycles. The van der Waals surface area contributed by atoms with Gasteiger partial charge in [-0.25, -0.2) is 4.98 Å². The number of rotatable bonds is 7. The van der Waals surface area contributed by atoms with Gasteiger partial charge in [0.05, 0.1) is 18.7 Å². The molecule has 96 valence electrons. The number of carbonyl (C=O) groups is 1. The lowest BCUT2D eigenvalue weighted by atomic mass is 10.3. The molecule has 0 unspecified atom stereocenters. The average molecular weight is 258 g/mol. The molecule has 1 N–H and O–H groups in total. The fraction of sp³-hybridized carbons (Fsp3) is 0.636. The monoisotopic (exact) mass is 258 g/mol. The number of nitrogens with zero attached hydrogens (tertiary/aromatic N) is 2. The van der Waals surface area contributed by atoms with Gasteiger partial charge in [0.15, 0.2) is 5.13 Å². The minimum absolute atomic E-state index is 0.0211. The van der Waals surface area contributed by atoms with Crippen molar-refractivity contribution in [3.8, 4) is 0 Å². The Labute approximate surface area is 105 Å². The molecule has 0 aliphatic rings. The smallest absolute Gasteiger partial charge is 0.309 e. The number of carboxylic acid groups (broad SMARTS) is 1. The van der Waals surface area contributed by atoms with Gasteiger partial charge in [0.25, 0.3) is 0 Å². The number of hydrogen-bond acceptors (Lipinski definition) is 5. The van der Waals surface area contributed by atoms with Crippen LogP contribution in [-0.4, -0.2) is 42.4 Å². The fourth-order valence-corrected chi connectivity index (χ4v) is 2.41. The summed E-state index contributed by atoms with van der Waals surface area (Å²) in [7, 11) is 1.66. The second-order valence-electron chi connectivity index (χ2n) is 3.97. The molecule has 1 aromatic heterocycles. The molecule has 0 saturated carbocycles. The molecule has 1 rings (SSSR count). The number of methoxy groups -OCH3 is 1. The first-order valence-corrected chi connectivity index (χ1v) is 6.34. The molecule has 5 nitrogen and oxygen atoms in total. The number of carboxylic acids is 1. The molecule has 1 aromatic rings. The third kappa shape index (κ3) is 4.32. The highest BCUT2D eigenvalue weighted by Gasteiger charge is 2.15. The van der Waals surface area contributed by atoms with E-state index in [1.807, 2.05) is 0 Å². The third-order valence-electron chi connectivity index (χ3n) is 2.28. The van der Waals surface area contributed by atoms with Gasteiger partial charge < -0.3 is 14.7 Å². The van der Waals surface area contributed by atoms with Crippen LogP contribution in [0.4, 0.5) is 5.13 Å². The van der Waals surface area contributed by atoms with Crippen molar-refractivity contribution in [1.29, 1.82) is 0 Å². The van der Waals surface area contributed by atoms with E-state index in [2.05, 4.69) is 23.7 Å². The molecular formula is C11H18N2O3S. The molecule has 1 heterocycles. The summed E-state index contributed by atoms with van der Waals surface area (Å²) in [5.41, 5.74) is 0.612. The van der Waals surface area contributed by atoms with Gasteiger partial charge in [0, 0.05) is 25.1 Å². The van der Waals surface area contributed by atoms with Crippen molar-refractivity contribution in [2.75, 3.05) is 25.2 Å². The third-order valence-corrected chi connectivity index (χ3v) is 3.20. The van der Waals surface area contributed by atoms with Crippen molar-refractivity contribution in [2.24, 2.45) is 0 Å². The summed E-state index contributed by atoms with van der Waals surface area (Å²) in [6, 6.07) is 0.314. The number of aromatic nitrogens is 1. The molecule has 0 spiro atoms. The largest absolute Gasteiger partial charge is 0.481 e. The maximum Gasteiger partial charge on any atom is 0.309 e. The maximum absolute atomic E-state index is 10.6. The van der Waals surface area contributed by atoms with Crippen molar-refractivity contribution < 1.29 is 14.6 Å². The van der Waals surface area contributed by atoms with E-state index in [0.29, 0.717) is 18.3 Å². The van der Waals surface area contributed by atoms with Gasteiger partial charge in [-0.15, -0.1) is 11.3 Å². The van der Waals surface area contributed by atoms with Gasteiger partial charge in [-0.3, -0.25) is 4.79 Å². The summed E-state index contributed by atoms with van der Waals surface area (Å²) < 4.78 is 5.06. The van der Waals surface area contributed by atoms with Crippen LogP contribution < -0.4 is 4.90 Å². The summed E-state index contributed by atoms with van der Waals surface area (Å²) in [5, 5.41) is 11.3. The van der Waals surface area contributed by atoms with Crippen LogP contribution in [0.3, 0.4) is 0 Å². The van der Waals surface area contributed by atoms with E-state index < -0.39 is 5.97 Å². The Morgan fingerprint density at radius 3 is 2.88 bits per heavy atom. The Bertz CT molecular complexity index is 365. The fourth-order valence-electron chi connectivity index (χ4n) is 1.43. The minimum atomic E-state index is -0.852. The molecule has 6 heteroatoms. The quantitative estimate of drug-likeness (QED) is 0.805. The topological polar surface area (TPSA) is 62.7 Å². The molecule has 0 aliphatic carbocycles.